The number of methoxy groups -OCH3 is 1. The molecule has 2 fully saturated rings. The number of aliphatic hydroxyl groups excluding tert-OH is 5. The van der Waals surface area contributed by atoms with Crippen molar-refractivity contribution >= 4 is 5.97 Å². The second-order valence-corrected chi connectivity index (χ2v) is 7.44. The average Bonchev–Trinajstić information content (AvgIpc) is 2.91. The number of aliphatic hydroxyl groups is 6. The van der Waals surface area contributed by atoms with Crippen molar-refractivity contribution in [3.05, 3.63) is 11.8 Å². The van der Waals surface area contributed by atoms with Crippen molar-refractivity contribution in [2.45, 2.75) is 62.0 Å². The molecule has 10 atom stereocenters. The standard InChI is InChI=1S/C17H26O11/c1-6-8(19)3-17(24)7(14(23)25-2)5-26-15(10(6)17)28-16-13(22)12(21)11(20)9(4-18)27-16/h5-6,8-13,15-16,18-22,24H,3-4H2,1-2H3/t6-,8+,9-,10?,11-,12+,13-,15+,16+,17+/m1/s1. The number of fused-ring (bicyclic) bond motifs is 1. The van der Waals surface area contributed by atoms with Crippen molar-refractivity contribution in [1.82, 2.24) is 0 Å². The molecule has 6 N–H and O–H groups in total. The monoisotopic (exact) mass is 406 g/mol. The van der Waals surface area contributed by atoms with Gasteiger partial charge in [0.15, 0.2) is 6.29 Å². The molecule has 2 aliphatic heterocycles. The maximum Gasteiger partial charge on any atom is 0.339 e. The van der Waals surface area contributed by atoms with E-state index in [0.717, 1.165) is 13.4 Å². The molecule has 11 heteroatoms. The van der Waals surface area contributed by atoms with E-state index in [9.17, 15) is 35.4 Å². The molecule has 11 nitrogen and oxygen atoms in total. The minimum atomic E-state index is -1.80. The highest BCUT2D eigenvalue weighted by molar-refractivity contribution is 5.90. The SMILES string of the molecule is COC(=O)C1=CO[C@@H](O[C@@H]2O[C@H](CO)[C@@H](O)[C@H](O)[C@H]2O)C2[C@H](C)[C@@H](O)C[C@]12O. The Labute approximate surface area is 160 Å². The first kappa shape index (κ1) is 21.4. The summed E-state index contributed by atoms with van der Waals surface area (Å²) in [5.74, 6) is -2.30. The highest BCUT2D eigenvalue weighted by atomic mass is 16.8. The van der Waals surface area contributed by atoms with Gasteiger partial charge in [-0.2, -0.15) is 0 Å². The Balaban J connectivity index is 1.86. The number of carbonyl (C=O) groups excluding carboxylic acids is 1. The molecule has 3 rings (SSSR count). The van der Waals surface area contributed by atoms with Gasteiger partial charge in [0.05, 0.1) is 32.0 Å². The molecule has 28 heavy (non-hydrogen) atoms. The molecular formula is C17H26O11. The second-order valence-electron chi connectivity index (χ2n) is 7.44. The molecule has 3 aliphatic rings. The van der Waals surface area contributed by atoms with Gasteiger partial charge in [0.2, 0.25) is 6.29 Å². The van der Waals surface area contributed by atoms with Crippen LogP contribution < -0.4 is 0 Å². The van der Waals surface area contributed by atoms with Crippen LogP contribution in [0.2, 0.25) is 0 Å². The summed E-state index contributed by atoms with van der Waals surface area (Å²) in [6.45, 7) is 1.01. The summed E-state index contributed by atoms with van der Waals surface area (Å²) in [6, 6.07) is 0. The van der Waals surface area contributed by atoms with Crippen LogP contribution in [0.15, 0.2) is 11.8 Å². The van der Waals surface area contributed by atoms with Gasteiger partial charge in [-0.05, 0) is 5.92 Å². The number of carbonyl (C=O) groups is 1. The highest BCUT2D eigenvalue weighted by Gasteiger charge is 2.61. The summed E-state index contributed by atoms with van der Waals surface area (Å²) in [5, 5.41) is 60.6. The smallest absolute Gasteiger partial charge is 0.339 e. The van der Waals surface area contributed by atoms with E-state index in [0.29, 0.717) is 0 Å². The minimum Gasteiger partial charge on any atom is -0.471 e. The Bertz CT molecular complexity index is 622. The number of esters is 1. The normalized spacial score (nSPS) is 48.4. The van der Waals surface area contributed by atoms with Gasteiger partial charge in [0, 0.05) is 6.42 Å². The Hall–Kier alpha value is -1.31. The third kappa shape index (κ3) is 3.31. The van der Waals surface area contributed by atoms with Crippen molar-refractivity contribution in [1.29, 1.82) is 0 Å². The van der Waals surface area contributed by atoms with Crippen molar-refractivity contribution < 1.29 is 54.4 Å². The second kappa shape index (κ2) is 7.84. The molecule has 1 unspecified atom stereocenters. The van der Waals surface area contributed by atoms with E-state index < -0.39 is 73.1 Å². The van der Waals surface area contributed by atoms with Crippen LogP contribution >= 0.6 is 0 Å². The van der Waals surface area contributed by atoms with Crippen molar-refractivity contribution in [3.8, 4) is 0 Å². The van der Waals surface area contributed by atoms with Crippen LogP contribution in [0, 0.1) is 11.8 Å². The molecule has 1 aliphatic carbocycles. The molecule has 0 aromatic rings. The van der Waals surface area contributed by atoms with Gasteiger partial charge >= 0.3 is 5.97 Å². The van der Waals surface area contributed by atoms with E-state index in [1.807, 2.05) is 0 Å². The zero-order valence-corrected chi connectivity index (χ0v) is 15.4. The molecule has 0 aromatic heterocycles. The van der Waals surface area contributed by atoms with Crippen LogP contribution in [0.5, 0.6) is 0 Å². The lowest BCUT2D eigenvalue weighted by atomic mass is 9.79. The molecule has 0 spiro atoms. The van der Waals surface area contributed by atoms with E-state index >= 15 is 0 Å². The number of hydrogen-bond acceptors (Lipinski definition) is 11. The fraction of sp³-hybridized carbons (Fsp3) is 0.824. The highest BCUT2D eigenvalue weighted by Crippen LogP contribution is 2.50. The van der Waals surface area contributed by atoms with Gasteiger partial charge in [-0.15, -0.1) is 0 Å². The lowest BCUT2D eigenvalue weighted by Crippen LogP contribution is -2.61. The predicted molar refractivity (Wildman–Crippen MR) is 88.1 cm³/mol. The van der Waals surface area contributed by atoms with Crippen molar-refractivity contribution in [2.75, 3.05) is 13.7 Å². The fourth-order valence-corrected chi connectivity index (χ4v) is 4.16. The average molecular weight is 406 g/mol. The van der Waals surface area contributed by atoms with E-state index in [1.165, 1.54) is 0 Å². The van der Waals surface area contributed by atoms with E-state index in [2.05, 4.69) is 4.74 Å². The topological polar surface area (TPSA) is 175 Å². The van der Waals surface area contributed by atoms with Gasteiger partial charge < -0.3 is 49.6 Å². The molecule has 0 bridgehead atoms. The summed E-state index contributed by atoms with van der Waals surface area (Å²) in [7, 11) is 1.15. The van der Waals surface area contributed by atoms with Crippen LogP contribution in [-0.4, -0.2) is 99.0 Å². The van der Waals surface area contributed by atoms with Crippen LogP contribution in [0.3, 0.4) is 0 Å². The molecule has 1 saturated carbocycles. The summed E-state index contributed by atoms with van der Waals surface area (Å²) >= 11 is 0. The van der Waals surface area contributed by atoms with Crippen LogP contribution in [0.1, 0.15) is 13.3 Å². The number of hydrogen-bond donors (Lipinski definition) is 6. The molecule has 160 valence electrons. The fourth-order valence-electron chi connectivity index (χ4n) is 4.16. The zero-order valence-electron chi connectivity index (χ0n) is 15.4. The number of ether oxygens (including phenoxy) is 4. The lowest BCUT2D eigenvalue weighted by Gasteiger charge is -2.44. The van der Waals surface area contributed by atoms with Crippen LogP contribution in [0.25, 0.3) is 0 Å². The number of rotatable bonds is 4. The summed E-state index contributed by atoms with van der Waals surface area (Å²) in [6.07, 6.45) is -8.95. The summed E-state index contributed by atoms with van der Waals surface area (Å²) < 4.78 is 21.0. The Kier molecular flexibility index (Phi) is 5.99. The van der Waals surface area contributed by atoms with Gasteiger partial charge in [-0.3, -0.25) is 0 Å². The first-order chi connectivity index (χ1) is 13.2. The minimum absolute atomic E-state index is 0.155. The molecular weight excluding hydrogens is 380 g/mol. The predicted octanol–water partition coefficient (Wildman–Crippen LogP) is -3.04. The van der Waals surface area contributed by atoms with Gasteiger partial charge in [0.25, 0.3) is 0 Å². The molecule has 2 heterocycles. The first-order valence-electron chi connectivity index (χ1n) is 8.96. The summed E-state index contributed by atoms with van der Waals surface area (Å²) in [5.41, 5.74) is -1.97. The summed E-state index contributed by atoms with van der Waals surface area (Å²) in [4.78, 5) is 12.0. The Morgan fingerprint density at radius 1 is 1.21 bits per heavy atom. The molecule has 0 amide bonds. The Morgan fingerprint density at radius 3 is 2.50 bits per heavy atom. The van der Waals surface area contributed by atoms with Gasteiger partial charge in [-0.1, -0.05) is 6.92 Å². The molecule has 0 radical (unpaired) electrons. The maximum atomic E-state index is 12.0. The largest absolute Gasteiger partial charge is 0.471 e. The van der Waals surface area contributed by atoms with E-state index in [-0.39, 0.29) is 12.0 Å². The van der Waals surface area contributed by atoms with E-state index in [4.69, 9.17) is 14.2 Å². The molecule has 0 aromatic carbocycles. The Morgan fingerprint density at radius 2 is 1.89 bits per heavy atom. The molecule has 1 saturated heterocycles. The first-order valence-corrected chi connectivity index (χ1v) is 8.96. The zero-order chi connectivity index (χ0) is 20.8. The van der Waals surface area contributed by atoms with Crippen molar-refractivity contribution in [3.63, 3.8) is 0 Å². The van der Waals surface area contributed by atoms with Crippen LogP contribution in [0.4, 0.5) is 0 Å². The third-order valence-corrected chi connectivity index (χ3v) is 5.85. The lowest BCUT2D eigenvalue weighted by molar-refractivity contribution is -0.347. The maximum absolute atomic E-state index is 12.0. The van der Waals surface area contributed by atoms with Gasteiger partial charge in [0.1, 0.15) is 35.6 Å². The van der Waals surface area contributed by atoms with Crippen molar-refractivity contribution in [2.24, 2.45) is 11.8 Å². The third-order valence-electron chi connectivity index (χ3n) is 5.85. The van der Waals surface area contributed by atoms with E-state index in [1.54, 1.807) is 6.92 Å². The van der Waals surface area contributed by atoms with Crippen LogP contribution in [-0.2, 0) is 23.7 Å². The quantitative estimate of drug-likeness (QED) is 0.262. The van der Waals surface area contributed by atoms with Gasteiger partial charge in [-0.25, -0.2) is 4.79 Å².